The summed E-state index contributed by atoms with van der Waals surface area (Å²) in [6.07, 6.45) is 2.27. The molecular formula is C16H26N2O. The third-order valence-corrected chi connectivity index (χ3v) is 3.47. The Morgan fingerprint density at radius 2 is 2.00 bits per heavy atom. The van der Waals surface area contributed by atoms with Crippen LogP contribution in [-0.4, -0.2) is 19.0 Å². The van der Waals surface area contributed by atoms with Gasteiger partial charge in [0, 0.05) is 13.0 Å². The lowest BCUT2D eigenvalue weighted by atomic mass is 9.89. The van der Waals surface area contributed by atoms with Gasteiger partial charge in [0.05, 0.1) is 0 Å². The van der Waals surface area contributed by atoms with E-state index in [4.69, 9.17) is 5.73 Å². The molecule has 0 saturated heterocycles. The SMILES string of the molecule is Cc1ccccc1CCC(=O)NCC(C)(C)CCN. The molecule has 1 aromatic rings. The standard InChI is InChI=1S/C16H26N2O/c1-13-6-4-5-7-14(13)8-9-15(19)18-12-16(2,3)10-11-17/h4-7H,8-12,17H2,1-3H3,(H,18,19). The van der Waals surface area contributed by atoms with Gasteiger partial charge in [-0.15, -0.1) is 0 Å². The summed E-state index contributed by atoms with van der Waals surface area (Å²) >= 11 is 0. The third-order valence-electron chi connectivity index (χ3n) is 3.47. The van der Waals surface area contributed by atoms with E-state index in [1.165, 1.54) is 11.1 Å². The van der Waals surface area contributed by atoms with Gasteiger partial charge < -0.3 is 11.1 Å². The van der Waals surface area contributed by atoms with Gasteiger partial charge in [0.25, 0.3) is 0 Å². The van der Waals surface area contributed by atoms with Gasteiger partial charge in [0.1, 0.15) is 0 Å². The summed E-state index contributed by atoms with van der Waals surface area (Å²) in [5, 5.41) is 3.00. The molecule has 106 valence electrons. The van der Waals surface area contributed by atoms with E-state index in [1.54, 1.807) is 0 Å². The van der Waals surface area contributed by atoms with Crippen LogP contribution in [0.2, 0.25) is 0 Å². The fourth-order valence-electron chi connectivity index (χ4n) is 2.04. The largest absolute Gasteiger partial charge is 0.356 e. The summed E-state index contributed by atoms with van der Waals surface area (Å²) in [6.45, 7) is 7.68. The molecule has 0 aliphatic heterocycles. The Balaban J connectivity index is 2.35. The molecule has 0 saturated carbocycles. The highest BCUT2D eigenvalue weighted by Gasteiger charge is 2.17. The Labute approximate surface area is 116 Å². The van der Waals surface area contributed by atoms with Crippen molar-refractivity contribution in [3.8, 4) is 0 Å². The van der Waals surface area contributed by atoms with Crippen molar-refractivity contribution in [1.82, 2.24) is 5.32 Å². The van der Waals surface area contributed by atoms with Crippen LogP contribution in [0.15, 0.2) is 24.3 Å². The number of hydrogen-bond acceptors (Lipinski definition) is 2. The van der Waals surface area contributed by atoms with Crippen LogP contribution in [0.4, 0.5) is 0 Å². The number of nitrogens with two attached hydrogens (primary N) is 1. The summed E-state index contributed by atoms with van der Waals surface area (Å²) in [5.74, 6) is 0.119. The number of carbonyl (C=O) groups excluding carboxylic acids is 1. The van der Waals surface area contributed by atoms with Crippen LogP contribution in [0.5, 0.6) is 0 Å². The molecule has 0 fully saturated rings. The van der Waals surface area contributed by atoms with Crippen molar-refractivity contribution in [3.63, 3.8) is 0 Å². The molecule has 3 heteroatoms. The predicted octanol–water partition coefficient (Wildman–Crippen LogP) is 2.42. The van der Waals surface area contributed by atoms with E-state index in [0.717, 1.165) is 12.8 Å². The number of nitrogens with one attached hydrogen (secondary N) is 1. The Bertz CT molecular complexity index is 413. The van der Waals surface area contributed by atoms with Gasteiger partial charge >= 0.3 is 0 Å². The maximum absolute atomic E-state index is 11.8. The summed E-state index contributed by atoms with van der Waals surface area (Å²) < 4.78 is 0. The van der Waals surface area contributed by atoms with Crippen LogP contribution in [-0.2, 0) is 11.2 Å². The summed E-state index contributed by atoms with van der Waals surface area (Å²) in [6, 6.07) is 8.21. The number of benzene rings is 1. The van der Waals surface area contributed by atoms with Gasteiger partial charge in [0.15, 0.2) is 0 Å². The molecule has 3 nitrogen and oxygen atoms in total. The normalized spacial score (nSPS) is 11.4. The third kappa shape index (κ3) is 5.88. The average molecular weight is 262 g/mol. The zero-order chi connectivity index (χ0) is 14.3. The average Bonchev–Trinajstić information content (AvgIpc) is 2.35. The topological polar surface area (TPSA) is 55.1 Å². The van der Waals surface area contributed by atoms with E-state index in [9.17, 15) is 4.79 Å². The Kier molecular flexibility index (Phi) is 6.03. The van der Waals surface area contributed by atoms with E-state index < -0.39 is 0 Å². The Morgan fingerprint density at radius 1 is 1.32 bits per heavy atom. The van der Waals surface area contributed by atoms with Crippen molar-refractivity contribution in [3.05, 3.63) is 35.4 Å². The van der Waals surface area contributed by atoms with Crippen LogP contribution in [0, 0.1) is 12.3 Å². The van der Waals surface area contributed by atoms with Gasteiger partial charge in [-0.2, -0.15) is 0 Å². The molecule has 0 aliphatic rings. The minimum absolute atomic E-state index is 0.0765. The van der Waals surface area contributed by atoms with Crippen LogP contribution >= 0.6 is 0 Å². The first-order valence-corrected chi connectivity index (χ1v) is 6.96. The molecule has 0 aromatic heterocycles. The smallest absolute Gasteiger partial charge is 0.220 e. The molecule has 1 aromatic carbocycles. The lowest BCUT2D eigenvalue weighted by molar-refractivity contribution is -0.121. The van der Waals surface area contributed by atoms with Crippen molar-refractivity contribution in [2.45, 2.75) is 40.0 Å². The van der Waals surface area contributed by atoms with Crippen LogP contribution in [0.1, 0.15) is 37.8 Å². The van der Waals surface area contributed by atoms with Crippen molar-refractivity contribution < 1.29 is 4.79 Å². The Morgan fingerprint density at radius 3 is 2.63 bits per heavy atom. The number of carbonyl (C=O) groups is 1. The van der Waals surface area contributed by atoms with E-state index in [2.05, 4.69) is 38.2 Å². The molecule has 19 heavy (non-hydrogen) atoms. The minimum atomic E-state index is 0.0765. The highest BCUT2D eigenvalue weighted by atomic mass is 16.1. The first-order chi connectivity index (χ1) is 8.94. The lowest BCUT2D eigenvalue weighted by Crippen LogP contribution is -2.35. The molecule has 0 aliphatic carbocycles. The molecule has 0 spiro atoms. The fraction of sp³-hybridized carbons (Fsp3) is 0.562. The molecule has 0 atom stereocenters. The lowest BCUT2D eigenvalue weighted by Gasteiger charge is -2.24. The second kappa shape index (κ2) is 7.29. The monoisotopic (exact) mass is 262 g/mol. The fourth-order valence-corrected chi connectivity index (χ4v) is 2.04. The molecule has 0 heterocycles. The molecule has 3 N–H and O–H groups in total. The van der Waals surface area contributed by atoms with E-state index in [-0.39, 0.29) is 11.3 Å². The summed E-state index contributed by atoms with van der Waals surface area (Å²) in [5.41, 5.74) is 8.13. The molecule has 0 unspecified atom stereocenters. The second-order valence-corrected chi connectivity index (χ2v) is 5.91. The van der Waals surface area contributed by atoms with Crippen LogP contribution in [0.25, 0.3) is 0 Å². The van der Waals surface area contributed by atoms with Gasteiger partial charge in [-0.3, -0.25) is 4.79 Å². The quantitative estimate of drug-likeness (QED) is 0.793. The zero-order valence-electron chi connectivity index (χ0n) is 12.3. The first kappa shape index (κ1) is 15.7. The number of aryl methyl sites for hydroxylation is 2. The minimum Gasteiger partial charge on any atom is -0.356 e. The van der Waals surface area contributed by atoms with Gasteiger partial charge in [-0.25, -0.2) is 0 Å². The molecule has 1 amide bonds. The van der Waals surface area contributed by atoms with Gasteiger partial charge in [-0.1, -0.05) is 38.1 Å². The van der Waals surface area contributed by atoms with Crippen molar-refractivity contribution in [2.24, 2.45) is 11.1 Å². The number of amides is 1. The highest BCUT2D eigenvalue weighted by molar-refractivity contribution is 5.76. The first-order valence-electron chi connectivity index (χ1n) is 6.96. The Hall–Kier alpha value is -1.35. The van der Waals surface area contributed by atoms with Crippen LogP contribution in [0.3, 0.4) is 0 Å². The van der Waals surface area contributed by atoms with Crippen molar-refractivity contribution in [2.75, 3.05) is 13.1 Å². The number of rotatable bonds is 7. The molecular weight excluding hydrogens is 236 g/mol. The van der Waals surface area contributed by atoms with Gasteiger partial charge in [0.2, 0.25) is 5.91 Å². The van der Waals surface area contributed by atoms with Crippen molar-refractivity contribution in [1.29, 1.82) is 0 Å². The molecule has 0 bridgehead atoms. The predicted molar refractivity (Wildman–Crippen MR) is 80.0 cm³/mol. The van der Waals surface area contributed by atoms with Crippen LogP contribution < -0.4 is 11.1 Å². The summed E-state index contributed by atoms with van der Waals surface area (Å²) in [7, 11) is 0. The van der Waals surface area contributed by atoms with Gasteiger partial charge in [-0.05, 0) is 42.9 Å². The van der Waals surface area contributed by atoms with E-state index >= 15 is 0 Å². The summed E-state index contributed by atoms with van der Waals surface area (Å²) in [4.78, 5) is 11.8. The van der Waals surface area contributed by atoms with E-state index in [0.29, 0.717) is 19.5 Å². The zero-order valence-corrected chi connectivity index (χ0v) is 12.3. The maximum atomic E-state index is 11.8. The highest BCUT2D eigenvalue weighted by Crippen LogP contribution is 2.17. The van der Waals surface area contributed by atoms with Crippen molar-refractivity contribution >= 4 is 5.91 Å². The maximum Gasteiger partial charge on any atom is 0.220 e. The second-order valence-electron chi connectivity index (χ2n) is 5.91. The number of hydrogen-bond donors (Lipinski definition) is 2. The molecule has 1 rings (SSSR count). The van der Waals surface area contributed by atoms with E-state index in [1.807, 2.05) is 12.1 Å². The molecule has 0 radical (unpaired) electrons.